The number of hydrogen-bond donors (Lipinski definition) is 2. The van der Waals surface area contributed by atoms with E-state index in [-0.39, 0.29) is 29.6 Å². The first kappa shape index (κ1) is 14.1. The van der Waals surface area contributed by atoms with Crippen LogP contribution in [0.3, 0.4) is 0 Å². The first-order chi connectivity index (χ1) is 9.99. The molecule has 1 aliphatic heterocycles. The number of allylic oxidation sites excluding steroid dienone is 2. The number of primary amides is 1. The standard InChI is InChI=1S/C15H20N2O4/c16-13(18)10-2-1-5-17(7-10)14(19)11-8-3-4-9(6-8)12(11)15(20)21/h3-4,8-12H,1-2,5-7H2,(H2,16,18)(H,20,21). The Hall–Kier alpha value is -1.85. The van der Waals surface area contributed by atoms with Crippen molar-refractivity contribution in [2.75, 3.05) is 13.1 Å². The fraction of sp³-hybridized carbons (Fsp3) is 0.667. The van der Waals surface area contributed by atoms with E-state index in [4.69, 9.17) is 5.73 Å². The quantitative estimate of drug-likeness (QED) is 0.727. The molecular formula is C15H20N2O4. The Balaban J connectivity index is 1.77. The summed E-state index contributed by atoms with van der Waals surface area (Å²) in [5.74, 6) is -2.81. The number of piperidine rings is 1. The predicted molar refractivity (Wildman–Crippen MR) is 73.9 cm³/mol. The van der Waals surface area contributed by atoms with Gasteiger partial charge in [-0.15, -0.1) is 0 Å². The molecule has 1 heterocycles. The molecule has 0 aromatic rings. The maximum atomic E-state index is 12.7. The van der Waals surface area contributed by atoms with Crippen molar-refractivity contribution in [3.63, 3.8) is 0 Å². The zero-order valence-corrected chi connectivity index (χ0v) is 11.8. The van der Waals surface area contributed by atoms with Crippen molar-refractivity contribution < 1.29 is 19.5 Å². The van der Waals surface area contributed by atoms with Crippen molar-refractivity contribution in [2.24, 2.45) is 35.3 Å². The molecule has 1 saturated heterocycles. The van der Waals surface area contributed by atoms with Gasteiger partial charge >= 0.3 is 5.97 Å². The van der Waals surface area contributed by atoms with Gasteiger partial charge < -0.3 is 15.7 Å². The van der Waals surface area contributed by atoms with Gasteiger partial charge in [-0.1, -0.05) is 12.2 Å². The molecule has 3 N–H and O–H groups in total. The number of fused-ring (bicyclic) bond motifs is 2. The number of carbonyl (C=O) groups is 3. The van der Waals surface area contributed by atoms with Crippen molar-refractivity contribution in [3.8, 4) is 0 Å². The lowest BCUT2D eigenvalue weighted by molar-refractivity contribution is -0.152. The monoisotopic (exact) mass is 292 g/mol. The highest BCUT2D eigenvalue weighted by atomic mass is 16.4. The maximum absolute atomic E-state index is 12.7. The minimum Gasteiger partial charge on any atom is -0.481 e. The topological polar surface area (TPSA) is 101 Å². The molecule has 0 aromatic carbocycles. The second-order valence-corrected chi connectivity index (χ2v) is 6.36. The van der Waals surface area contributed by atoms with Gasteiger partial charge in [0.15, 0.2) is 0 Å². The summed E-state index contributed by atoms with van der Waals surface area (Å²) in [7, 11) is 0. The molecule has 5 atom stereocenters. The van der Waals surface area contributed by atoms with Crippen LogP contribution in [0.5, 0.6) is 0 Å². The summed E-state index contributed by atoms with van der Waals surface area (Å²) < 4.78 is 0. The molecule has 2 fully saturated rings. The van der Waals surface area contributed by atoms with Crippen LogP contribution in [0.2, 0.25) is 0 Å². The van der Waals surface area contributed by atoms with Gasteiger partial charge in [-0.25, -0.2) is 0 Å². The van der Waals surface area contributed by atoms with Gasteiger partial charge in [0, 0.05) is 13.1 Å². The molecule has 2 aliphatic carbocycles. The fourth-order valence-corrected chi connectivity index (χ4v) is 4.12. The Morgan fingerprint density at radius 1 is 1.14 bits per heavy atom. The number of likely N-dealkylation sites (tertiary alicyclic amines) is 1. The van der Waals surface area contributed by atoms with Gasteiger partial charge in [0.05, 0.1) is 17.8 Å². The number of nitrogens with zero attached hydrogens (tertiary/aromatic N) is 1. The smallest absolute Gasteiger partial charge is 0.307 e. The first-order valence-electron chi connectivity index (χ1n) is 7.48. The average molecular weight is 292 g/mol. The molecule has 21 heavy (non-hydrogen) atoms. The molecule has 114 valence electrons. The van der Waals surface area contributed by atoms with E-state index in [9.17, 15) is 19.5 Å². The molecule has 5 unspecified atom stereocenters. The van der Waals surface area contributed by atoms with E-state index >= 15 is 0 Å². The zero-order chi connectivity index (χ0) is 15.1. The molecule has 1 saturated carbocycles. The third kappa shape index (κ3) is 2.32. The molecule has 0 spiro atoms. The number of amides is 2. The lowest BCUT2D eigenvalue weighted by atomic mass is 9.81. The van der Waals surface area contributed by atoms with E-state index in [1.165, 1.54) is 0 Å². The summed E-state index contributed by atoms with van der Waals surface area (Å²) >= 11 is 0. The molecule has 3 aliphatic rings. The summed E-state index contributed by atoms with van der Waals surface area (Å²) in [6.45, 7) is 0.921. The Morgan fingerprint density at radius 2 is 1.81 bits per heavy atom. The normalized spacial score (nSPS) is 37.7. The van der Waals surface area contributed by atoms with Crippen LogP contribution in [-0.4, -0.2) is 40.9 Å². The van der Waals surface area contributed by atoms with Crippen molar-refractivity contribution in [1.82, 2.24) is 4.90 Å². The fourth-order valence-electron chi connectivity index (χ4n) is 4.12. The Bertz CT molecular complexity index is 516. The minimum absolute atomic E-state index is 0.0255. The van der Waals surface area contributed by atoms with Crippen molar-refractivity contribution in [3.05, 3.63) is 12.2 Å². The van der Waals surface area contributed by atoms with Crippen molar-refractivity contribution in [1.29, 1.82) is 0 Å². The second kappa shape index (κ2) is 5.16. The Morgan fingerprint density at radius 3 is 2.43 bits per heavy atom. The number of aliphatic carboxylic acids is 1. The highest BCUT2D eigenvalue weighted by molar-refractivity contribution is 5.87. The molecule has 6 nitrogen and oxygen atoms in total. The van der Waals surface area contributed by atoms with E-state index < -0.39 is 17.8 Å². The Kier molecular flexibility index (Phi) is 3.47. The second-order valence-electron chi connectivity index (χ2n) is 6.36. The molecule has 3 rings (SSSR count). The van der Waals surface area contributed by atoms with Crippen LogP contribution in [0.4, 0.5) is 0 Å². The van der Waals surface area contributed by atoms with Gasteiger partial charge in [0.25, 0.3) is 0 Å². The summed E-state index contributed by atoms with van der Waals surface area (Å²) in [4.78, 5) is 37.2. The minimum atomic E-state index is -0.895. The average Bonchev–Trinajstić information content (AvgIpc) is 3.07. The van der Waals surface area contributed by atoms with Crippen molar-refractivity contribution >= 4 is 17.8 Å². The largest absolute Gasteiger partial charge is 0.481 e. The number of rotatable bonds is 3. The predicted octanol–water partition coefficient (Wildman–Crippen LogP) is 0.233. The van der Waals surface area contributed by atoms with Crippen LogP contribution in [-0.2, 0) is 14.4 Å². The number of hydrogen-bond acceptors (Lipinski definition) is 3. The van der Waals surface area contributed by atoms with Crippen LogP contribution in [0.1, 0.15) is 19.3 Å². The van der Waals surface area contributed by atoms with E-state index in [1.54, 1.807) is 4.90 Å². The van der Waals surface area contributed by atoms with Gasteiger partial charge in [-0.05, 0) is 31.1 Å². The maximum Gasteiger partial charge on any atom is 0.307 e. The lowest BCUT2D eigenvalue weighted by Gasteiger charge is -2.35. The van der Waals surface area contributed by atoms with Gasteiger partial charge in [-0.2, -0.15) is 0 Å². The van der Waals surface area contributed by atoms with Crippen molar-refractivity contribution in [2.45, 2.75) is 19.3 Å². The third-order valence-corrected chi connectivity index (χ3v) is 5.17. The molecule has 0 radical (unpaired) electrons. The third-order valence-electron chi connectivity index (χ3n) is 5.17. The zero-order valence-electron chi connectivity index (χ0n) is 11.8. The highest BCUT2D eigenvalue weighted by Gasteiger charge is 2.52. The highest BCUT2D eigenvalue weighted by Crippen LogP contribution is 2.49. The van der Waals surface area contributed by atoms with Gasteiger partial charge in [0.2, 0.25) is 11.8 Å². The van der Waals surface area contributed by atoms with Crippen LogP contribution < -0.4 is 5.73 Å². The number of carboxylic acid groups (broad SMARTS) is 1. The molecule has 2 bridgehead atoms. The first-order valence-corrected chi connectivity index (χ1v) is 7.48. The summed E-state index contributed by atoms with van der Waals surface area (Å²) in [5.41, 5.74) is 5.34. The molecule has 6 heteroatoms. The molecular weight excluding hydrogens is 272 g/mol. The van der Waals surface area contributed by atoms with Gasteiger partial charge in [0.1, 0.15) is 0 Å². The van der Waals surface area contributed by atoms with Crippen LogP contribution in [0.25, 0.3) is 0 Å². The number of nitrogens with two attached hydrogens (primary N) is 1. The number of carboxylic acids is 1. The van der Waals surface area contributed by atoms with Crippen LogP contribution in [0, 0.1) is 29.6 Å². The van der Waals surface area contributed by atoms with E-state index in [0.29, 0.717) is 19.5 Å². The molecule has 2 amide bonds. The van der Waals surface area contributed by atoms with Crippen LogP contribution >= 0.6 is 0 Å². The van der Waals surface area contributed by atoms with E-state index in [1.807, 2.05) is 12.2 Å². The summed E-state index contributed by atoms with van der Waals surface area (Å²) in [6.07, 6.45) is 6.10. The number of carbonyl (C=O) groups excluding carboxylic acids is 2. The van der Waals surface area contributed by atoms with Gasteiger partial charge in [-0.3, -0.25) is 14.4 Å². The van der Waals surface area contributed by atoms with E-state index in [0.717, 1.165) is 12.8 Å². The lowest BCUT2D eigenvalue weighted by Crippen LogP contribution is -2.49. The summed E-state index contributed by atoms with van der Waals surface area (Å²) in [5, 5.41) is 9.41. The SMILES string of the molecule is NC(=O)C1CCCN(C(=O)C2C3C=CC(C3)C2C(=O)O)C1. The molecule has 0 aromatic heterocycles. The van der Waals surface area contributed by atoms with E-state index in [2.05, 4.69) is 0 Å². The summed E-state index contributed by atoms with van der Waals surface area (Å²) in [6, 6.07) is 0. The van der Waals surface area contributed by atoms with Crippen LogP contribution in [0.15, 0.2) is 12.2 Å². The Labute approximate surface area is 123 Å².